The molecule has 4 nitrogen and oxygen atoms in total. The van der Waals surface area contributed by atoms with Crippen molar-refractivity contribution in [3.05, 3.63) is 35.9 Å². The van der Waals surface area contributed by atoms with Gasteiger partial charge < -0.3 is 10.6 Å². The van der Waals surface area contributed by atoms with Crippen LogP contribution in [0.5, 0.6) is 5.75 Å². The highest BCUT2D eigenvalue weighted by molar-refractivity contribution is 5.94. The van der Waals surface area contributed by atoms with Crippen LogP contribution in [0.2, 0.25) is 0 Å². The zero-order valence-corrected chi connectivity index (χ0v) is 10.4. The highest BCUT2D eigenvalue weighted by Crippen LogP contribution is 2.33. The molecular weight excluding hydrogens is 226 g/mol. The molecule has 94 valence electrons. The van der Waals surface area contributed by atoms with Crippen molar-refractivity contribution in [1.29, 1.82) is 0 Å². The lowest BCUT2D eigenvalue weighted by atomic mass is 10.00. The van der Waals surface area contributed by atoms with Crippen LogP contribution in [0.25, 0.3) is 10.8 Å². The summed E-state index contributed by atoms with van der Waals surface area (Å²) in [6.45, 7) is 3.63. The molecular formula is C14H17N3O. The van der Waals surface area contributed by atoms with Gasteiger partial charge in [0.05, 0.1) is 13.3 Å². The lowest BCUT2D eigenvalue weighted by Crippen LogP contribution is -2.53. The maximum absolute atomic E-state index is 6.12. The molecule has 1 aliphatic rings. The number of nitrogens with zero attached hydrogens (tertiary/aromatic N) is 1. The second-order valence-corrected chi connectivity index (χ2v) is 4.48. The first-order chi connectivity index (χ1) is 8.79. The molecule has 3 rings (SSSR count). The molecule has 0 radical (unpaired) electrons. The summed E-state index contributed by atoms with van der Waals surface area (Å²) in [5, 5.41) is 7.31. The van der Waals surface area contributed by atoms with Crippen molar-refractivity contribution in [3.8, 4) is 5.75 Å². The number of anilines is 1. The Kier molecular flexibility index (Phi) is 2.81. The van der Waals surface area contributed by atoms with Crippen LogP contribution in [0.1, 0.15) is 12.5 Å². The van der Waals surface area contributed by atoms with Gasteiger partial charge in [0.1, 0.15) is 0 Å². The molecule has 1 heterocycles. The number of benzene rings is 2. The van der Waals surface area contributed by atoms with Gasteiger partial charge >= 0.3 is 0 Å². The van der Waals surface area contributed by atoms with E-state index in [1.54, 1.807) is 0 Å². The minimum Gasteiger partial charge on any atom is -0.403 e. The number of nitrogen functional groups attached to an aromatic ring is 1. The molecule has 2 aromatic rings. The molecule has 2 aromatic carbocycles. The van der Waals surface area contributed by atoms with E-state index in [2.05, 4.69) is 24.4 Å². The fraction of sp³-hybridized carbons (Fsp3) is 0.286. The number of nitrogens with one attached hydrogen (secondary N) is 1. The lowest BCUT2D eigenvalue weighted by Gasteiger charge is -2.31. The molecule has 0 atom stereocenters. The standard InChI is InChI=1S/C14H17N3O/c1-2-10-11-5-3-4-6-12(11)14(7-13(10)15)18-17-8-16-9-17/h3-7,16H,2,8-9,15H2,1H3. The summed E-state index contributed by atoms with van der Waals surface area (Å²) < 4.78 is 0. The molecule has 0 spiro atoms. The zero-order chi connectivity index (χ0) is 12.5. The van der Waals surface area contributed by atoms with Crippen molar-refractivity contribution < 1.29 is 4.84 Å². The number of hydroxylamine groups is 2. The van der Waals surface area contributed by atoms with Crippen LogP contribution < -0.4 is 15.9 Å². The van der Waals surface area contributed by atoms with Crippen LogP contribution in [0.4, 0.5) is 5.69 Å². The minimum absolute atomic E-state index is 0.754. The van der Waals surface area contributed by atoms with Crippen LogP contribution in [0, 0.1) is 0 Å². The van der Waals surface area contributed by atoms with E-state index in [4.69, 9.17) is 10.6 Å². The van der Waals surface area contributed by atoms with Gasteiger partial charge in [0.2, 0.25) is 0 Å². The summed E-state index contributed by atoms with van der Waals surface area (Å²) >= 11 is 0. The Balaban J connectivity index is 2.12. The van der Waals surface area contributed by atoms with Crippen LogP contribution in [0.3, 0.4) is 0 Å². The van der Waals surface area contributed by atoms with Gasteiger partial charge in [-0.1, -0.05) is 31.2 Å². The topological polar surface area (TPSA) is 50.5 Å². The van der Waals surface area contributed by atoms with Gasteiger partial charge in [0.25, 0.3) is 0 Å². The summed E-state index contributed by atoms with van der Waals surface area (Å²) in [5.74, 6) is 0.835. The van der Waals surface area contributed by atoms with Crippen molar-refractivity contribution in [2.75, 3.05) is 19.1 Å². The Hall–Kier alpha value is -1.78. The second-order valence-electron chi connectivity index (χ2n) is 4.48. The Bertz CT molecular complexity index is 579. The summed E-state index contributed by atoms with van der Waals surface area (Å²) in [4.78, 5) is 5.83. The molecule has 1 aliphatic heterocycles. The third kappa shape index (κ3) is 1.79. The van der Waals surface area contributed by atoms with Gasteiger partial charge in [-0.2, -0.15) is 0 Å². The van der Waals surface area contributed by atoms with Gasteiger partial charge in [0, 0.05) is 17.1 Å². The van der Waals surface area contributed by atoms with Crippen LogP contribution in [-0.2, 0) is 6.42 Å². The van der Waals surface area contributed by atoms with Crippen molar-refractivity contribution in [2.24, 2.45) is 0 Å². The molecule has 3 N–H and O–H groups in total. The largest absolute Gasteiger partial charge is 0.403 e. The van der Waals surface area contributed by atoms with Gasteiger partial charge in [-0.3, -0.25) is 5.32 Å². The fourth-order valence-corrected chi connectivity index (χ4v) is 2.30. The van der Waals surface area contributed by atoms with Gasteiger partial charge in [-0.15, -0.1) is 5.06 Å². The molecule has 18 heavy (non-hydrogen) atoms. The predicted molar refractivity (Wildman–Crippen MR) is 73.1 cm³/mol. The van der Waals surface area contributed by atoms with Gasteiger partial charge in [-0.25, -0.2) is 0 Å². The third-order valence-corrected chi connectivity index (χ3v) is 3.31. The van der Waals surface area contributed by atoms with Crippen molar-refractivity contribution in [1.82, 2.24) is 10.4 Å². The molecule has 0 bridgehead atoms. The van der Waals surface area contributed by atoms with Crippen LogP contribution in [-0.4, -0.2) is 18.4 Å². The molecule has 0 saturated carbocycles. The first-order valence-corrected chi connectivity index (χ1v) is 6.23. The molecule has 4 heteroatoms. The summed E-state index contributed by atoms with van der Waals surface area (Å²) in [6, 6.07) is 10.2. The number of hydrogen-bond donors (Lipinski definition) is 2. The van der Waals surface area contributed by atoms with E-state index in [1.807, 2.05) is 23.3 Å². The molecule has 0 aromatic heterocycles. The lowest BCUT2D eigenvalue weighted by molar-refractivity contribution is -0.125. The van der Waals surface area contributed by atoms with Crippen molar-refractivity contribution >= 4 is 16.5 Å². The summed E-state index contributed by atoms with van der Waals surface area (Å²) in [7, 11) is 0. The average Bonchev–Trinajstić information content (AvgIpc) is 2.34. The maximum atomic E-state index is 6.12. The van der Waals surface area contributed by atoms with E-state index in [9.17, 15) is 0 Å². The van der Waals surface area contributed by atoms with E-state index >= 15 is 0 Å². The van der Waals surface area contributed by atoms with E-state index in [0.717, 1.165) is 36.6 Å². The molecule has 1 fully saturated rings. The normalized spacial score (nSPS) is 15.6. The van der Waals surface area contributed by atoms with Crippen molar-refractivity contribution in [3.63, 3.8) is 0 Å². The van der Waals surface area contributed by atoms with E-state index in [0.29, 0.717) is 0 Å². The Morgan fingerprint density at radius 2 is 2.00 bits per heavy atom. The van der Waals surface area contributed by atoms with E-state index in [1.165, 1.54) is 10.9 Å². The Labute approximate surface area is 106 Å². The SMILES string of the molecule is CCc1c(N)cc(ON2CNC2)c2ccccc12. The summed E-state index contributed by atoms with van der Waals surface area (Å²) in [5.41, 5.74) is 8.12. The quantitative estimate of drug-likeness (QED) is 0.811. The fourth-order valence-electron chi connectivity index (χ4n) is 2.30. The van der Waals surface area contributed by atoms with Gasteiger partial charge in [0.15, 0.2) is 5.75 Å². The second kappa shape index (κ2) is 4.48. The number of hydrogen-bond acceptors (Lipinski definition) is 4. The third-order valence-electron chi connectivity index (χ3n) is 3.31. The average molecular weight is 243 g/mol. The van der Waals surface area contributed by atoms with Crippen LogP contribution in [0.15, 0.2) is 30.3 Å². The number of nitrogens with two attached hydrogens (primary N) is 1. The number of aryl methyl sites for hydroxylation is 1. The molecule has 0 amide bonds. The first kappa shape index (κ1) is 11.3. The molecule has 0 unspecified atom stereocenters. The Morgan fingerprint density at radius 3 is 2.61 bits per heavy atom. The number of fused-ring (bicyclic) bond motifs is 1. The first-order valence-electron chi connectivity index (χ1n) is 6.23. The minimum atomic E-state index is 0.754. The highest BCUT2D eigenvalue weighted by Gasteiger charge is 2.17. The zero-order valence-electron chi connectivity index (χ0n) is 10.4. The van der Waals surface area contributed by atoms with Gasteiger partial charge in [-0.05, 0) is 17.4 Å². The highest BCUT2D eigenvalue weighted by atomic mass is 16.7. The molecule has 0 aliphatic carbocycles. The number of rotatable bonds is 3. The van der Waals surface area contributed by atoms with E-state index < -0.39 is 0 Å². The maximum Gasteiger partial charge on any atom is 0.157 e. The smallest absolute Gasteiger partial charge is 0.157 e. The Morgan fingerprint density at radius 1 is 1.28 bits per heavy atom. The molecule has 1 saturated heterocycles. The van der Waals surface area contributed by atoms with Crippen molar-refractivity contribution in [2.45, 2.75) is 13.3 Å². The summed E-state index contributed by atoms with van der Waals surface area (Å²) in [6.07, 6.45) is 0.928. The van der Waals surface area contributed by atoms with Crippen LogP contribution >= 0.6 is 0 Å². The van der Waals surface area contributed by atoms with E-state index in [-0.39, 0.29) is 0 Å². The predicted octanol–water partition coefficient (Wildman–Crippen LogP) is 2.10. The monoisotopic (exact) mass is 243 g/mol.